The minimum atomic E-state index is -1.02. The van der Waals surface area contributed by atoms with Crippen LogP contribution in [-0.2, 0) is 6.42 Å². The molecule has 0 bridgehead atoms. The van der Waals surface area contributed by atoms with Crippen LogP contribution in [0.4, 0.5) is 17.6 Å². The second-order valence-electron chi connectivity index (χ2n) is 4.51. The second kappa shape index (κ2) is 5.83. The van der Waals surface area contributed by atoms with Crippen molar-refractivity contribution >= 4 is 11.6 Å². The first kappa shape index (κ1) is 14.9. The molecule has 0 aliphatic rings. The van der Waals surface area contributed by atoms with Crippen molar-refractivity contribution in [2.24, 2.45) is 0 Å². The van der Waals surface area contributed by atoms with E-state index in [0.29, 0.717) is 0 Å². The Morgan fingerprint density at radius 1 is 1.00 bits per heavy atom. The highest BCUT2D eigenvalue weighted by Crippen LogP contribution is 2.30. The number of benzene rings is 2. The SMILES string of the molecule is Cc1cc(F)c(C(Cl)Cc2cccc(F)c2F)cc1F. The largest absolute Gasteiger partial charge is 0.207 e. The number of hydrogen-bond acceptors (Lipinski definition) is 0. The van der Waals surface area contributed by atoms with Crippen molar-refractivity contribution in [3.63, 3.8) is 0 Å². The molecule has 2 aromatic carbocycles. The monoisotopic (exact) mass is 302 g/mol. The molecular weight excluding hydrogens is 292 g/mol. The summed E-state index contributed by atoms with van der Waals surface area (Å²) < 4.78 is 53.8. The zero-order valence-corrected chi connectivity index (χ0v) is 11.3. The van der Waals surface area contributed by atoms with Gasteiger partial charge in [-0.05, 0) is 42.7 Å². The molecule has 2 rings (SSSR count). The third-order valence-corrected chi connectivity index (χ3v) is 3.44. The Morgan fingerprint density at radius 2 is 1.70 bits per heavy atom. The average molecular weight is 303 g/mol. The molecule has 0 fully saturated rings. The van der Waals surface area contributed by atoms with Crippen LogP contribution in [0.25, 0.3) is 0 Å². The first-order valence-electron chi connectivity index (χ1n) is 5.92. The Balaban J connectivity index is 2.31. The summed E-state index contributed by atoms with van der Waals surface area (Å²) in [5, 5.41) is -0.985. The molecule has 0 amide bonds. The summed E-state index contributed by atoms with van der Waals surface area (Å²) in [5.74, 6) is -3.28. The van der Waals surface area contributed by atoms with Crippen LogP contribution in [0.1, 0.15) is 22.1 Å². The van der Waals surface area contributed by atoms with Crippen molar-refractivity contribution in [3.05, 3.63) is 70.3 Å². The topological polar surface area (TPSA) is 0 Å². The number of hydrogen-bond donors (Lipinski definition) is 0. The molecule has 20 heavy (non-hydrogen) atoms. The summed E-state index contributed by atoms with van der Waals surface area (Å²) in [5.41, 5.74) is 0.107. The van der Waals surface area contributed by atoms with Gasteiger partial charge < -0.3 is 0 Å². The molecule has 0 aromatic heterocycles. The van der Waals surface area contributed by atoms with Crippen molar-refractivity contribution in [1.29, 1.82) is 0 Å². The van der Waals surface area contributed by atoms with E-state index in [9.17, 15) is 17.6 Å². The highest BCUT2D eigenvalue weighted by Gasteiger charge is 2.18. The highest BCUT2D eigenvalue weighted by atomic mass is 35.5. The fraction of sp³-hybridized carbons (Fsp3) is 0.200. The lowest BCUT2D eigenvalue weighted by Gasteiger charge is -2.13. The van der Waals surface area contributed by atoms with Crippen LogP contribution in [-0.4, -0.2) is 0 Å². The van der Waals surface area contributed by atoms with Crippen LogP contribution in [0, 0.1) is 30.2 Å². The maximum atomic E-state index is 13.7. The van der Waals surface area contributed by atoms with Crippen LogP contribution in [0.15, 0.2) is 30.3 Å². The van der Waals surface area contributed by atoms with Crippen LogP contribution in [0.5, 0.6) is 0 Å². The zero-order chi connectivity index (χ0) is 14.9. The lowest BCUT2D eigenvalue weighted by molar-refractivity contribution is 0.497. The summed E-state index contributed by atoms with van der Waals surface area (Å²) >= 11 is 6.00. The van der Waals surface area contributed by atoms with Crippen molar-refractivity contribution in [1.82, 2.24) is 0 Å². The van der Waals surface area contributed by atoms with Crippen LogP contribution < -0.4 is 0 Å². The lowest BCUT2D eigenvalue weighted by Crippen LogP contribution is -2.03. The van der Waals surface area contributed by atoms with E-state index in [4.69, 9.17) is 11.6 Å². The molecule has 0 spiro atoms. The lowest BCUT2D eigenvalue weighted by atomic mass is 10.0. The Hall–Kier alpha value is -1.55. The first-order chi connectivity index (χ1) is 9.40. The third kappa shape index (κ3) is 2.96. The smallest absolute Gasteiger partial charge is 0.162 e. The molecular formula is C15H11ClF4. The van der Waals surface area contributed by atoms with Gasteiger partial charge in [-0.15, -0.1) is 11.6 Å². The molecule has 1 unspecified atom stereocenters. The summed E-state index contributed by atoms with van der Waals surface area (Å²) in [6.45, 7) is 1.43. The van der Waals surface area contributed by atoms with Gasteiger partial charge in [0.25, 0.3) is 0 Å². The van der Waals surface area contributed by atoms with Gasteiger partial charge in [-0.1, -0.05) is 12.1 Å². The molecule has 0 aliphatic heterocycles. The molecule has 0 saturated heterocycles. The van der Waals surface area contributed by atoms with Crippen LogP contribution in [0.2, 0.25) is 0 Å². The van der Waals surface area contributed by atoms with Crippen molar-refractivity contribution < 1.29 is 17.6 Å². The predicted octanol–water partition coefficient (Wildman–Crippen LogP) is 5.07. The van der Waals surface area contributed by atoms with Gasteiger partial charge in [0.1, 0.15) is 11.6 Å². The minimum Gasteiger partial charge on any atom is -0.207 e. The Morgan fingerprint density at radius 3 is 2.40 bits per heavy atom. The first-order valence-corrected chi connectivity index (χ1v) is 6.36. The van der Waals surface area contributed by atoms with Gasteiger partial charge in [0.2, 0.25) is 0 Å². The van der Waals surface area contributed by atoms with E-state index >= 15 is 0 Å². The molecule has 106 valence electrons. The fourth-order valence-corrected chi connectivity index (χ4v) is 2.24. The van der Waals surface area contributed by atoms with E-state index < -0.39 is 28.6 Å². The maximum Gasteiger partial charge on any atom is 0.162 e. The highest BCUT2D eigenvalue weighted by molar-refractivity contribution is 6.20. The summed E-state index contributed by atoms with van der Waals surface area (Å²) in [7, 11) is 0. The number of alkyl halides is 1. The average Bonchev–Trinajstić information content (AvgIpc) is 2.39. The van der Waals surface area contributed by atoms with Crippen molar-refractivity contribution in [3.8, 4) is 0 Å². The molecule has 0 heterocycles. The van der Waals surface area contributed by atoms with Gasteiger partial charge in [0, 0.05) is 5.56 Å². The van der Waals surface area contributed by atoms with Gasteiger partial charge in [0.05, 0.1) is 5.38 Å². The molecule has 0 aliphatic carbocycles. The Kier molecular flexibility index (Phi) is 4.33. The summed E-state index contributed by atoms with van der Waals surface area (Å²) in [6.07, 6.45) is -0.134. The van der Waals surface area contributed by atoms with Gasteiger partial charge in [-0.3, -0.25) is 0 Å². The Bertz CT molecular complexity index is 640. The number of halogens is 5. The maximum absolute atomic E-state index is 13.7. The van der Waals surface area contributed by atoms with Crippen molar-refractivity contribution in [2.75, 3.05) is 0 Å². The quantitative estimate of drug-likeness (QED) is 0.548. The fourth-order valence-electron chi connectivity index (χ4n) is 1.91. The van der Waals surface area contributed by atoms with Crippen LogP contribution in [0.3, 0.4) is 0 Å². The standard InChI is InChI=1S/C15H11ClF4/c1-8-5-14(19)10(7-13(8)18)11(16)6-9-3-2-4-12(17)15(9)20/h2-5,7,11H,6H2,1H3. The summed E-state index contributed by atoms with van der Waals surface area (Å²) in [6, 6.07) is 5.69. The van der Waals surface area contributed by atoms with E-state index in [0.717, 1.165) is 18.2 Å². The normalized spacial score (nSPS) is 12.5. The van der Waals surface area contributed by atoms with E-state index in [1.807, 2.05) is 0 Å². The zero-order valence-electron chi connectivity index (χ0n) is 10.6. The molecule has 1 atom stereocenters. The van der Waals surface area contributed by atoms with Gasteiger partial charge in [-0.25, -0.2) is 17.6 Å². The summed E-state index contributed by atoms with van der Waals surface area (Å²) in [4.78, 5) is 0. The van der Waals surface area contributed by atoms with E-state index in [-0.39, 0.29) is 23.1 Å². The molecule has 0 radical (unpaired) electrons. The third-order valence-electron chi connectivity index (χ3n) is 3.05. The van der Waals surface area contributed by atoms with Gasteiger partial charge in [-0.2, -0.15) is 0 Å². The molecule has 0 saturated carbocycles. The van der Waals surface area contributed by atoms with Gasteiger partial charge in [0.15, 0.2) is 11.6 Å². The molecule has 0 nitrogen and oxygen atoms in total. The predicted molar refractivity (Wildman–Crippen MR) is 69.8 cm³/mol. The van der Waals surface area contributed by atoms with E-state index in [1.54, 1.807) is 0 Å². The van der Waals surface area contributed by atoms with E-state index in [1.165, 1.54) is 19.1 Å². The molecule has 5 heteroatoms. The minimum absolute atomic E-state index is 0.0189. The molecule has 2 aromatic rings. The van der Waals surface area contributed by atoms with E-state index in [2.05, 4.69) is 0 Å². The number of aryl methyl sites for hydroxylation is 1. The van der Waals surface area contributed by atoms with Gasteiger partial charge >= 0.3 is 0 Å². The molecule has 0 N–H and O–H groups in total. The Labute approximate surface area is 119 Å². The number of rotatable bonds is 3. The van der Waals surface area contributed by atoms with Crippen LogP contribution >= 0.6 is 11.6 Å². The van der Waals surface area contributed by atoms with Crippen molar-refractivity contribution in [2.45, 2.75) is 18.7 Å². The second-order valence-corrected chi connectivity index (χ2v) is 5.03.